The maximum atomic E-state index is 13.7. The Morgan fingerprint density at radius 1 is 1.05 bits per heavy atom. The van der Waals surface area contributed by atoms with Crippen molar-refractivity contribution in [2.24, 2.45) is 0 Å². The first-order valence-corrected chi connectivity index (χ1v) is 14.2. The number of carbonyl (C=O) groups excluding carboxylic acids is 2. The van der Waals surface area contributed by atoms with Crippen LogP contribution in [0.4, 0.5) is 5.69 Å². The topological polar surface area (TPSA) is 69.7 Å². The van der Waals surface area contributed by atoms with E-state index in [4.69, 9.17) is 11.6 Å². The molecule has 5 rings (SSSR count). The molecule has 0 bridgehead atoms. The molecule has 0 aliphatic carbocycles. The van der Waals surface area contributed by atoms with Crippen LogP contribution in [0.15, 0.2) is 76.5 Å². The SMILES string of the molecule is C[C@H]1CCCCN1CCNC(=O)c1ccc2c(c1)N(Cc1cccc(Cl)c1)C(=O)c1ccccc1[S@@]2=O. The van der Waals surface area contributed by atoms with Crippen molar-refractivity contribution < 1.29 is 13.8 Å². The lowest BCUT2D eigenvalue weighted by atomic mass is 10.0. The largest absolute Gasteiger partial charge is 0.351 e. The van der Waals surface area contributed by atoms with Gasteiger partial charge in [-0.3, -0.25) is 14.5 Å². The Balaban J connectivity index is 1.45. The second kappa shape index (κ2) is 11.2. The van der Waals surface area contributed by atoms with E-state index in [2.05, 4.69) is 17.1 Å². The number of piperidine rings is 1. The van der Waals surface area contributed by atoms with Crippen LogP contribution in [0, 0.1) is 0 Å². The van der Waals surface area contributed by atoms with Crippen molar-refractivity contribution in [3.8, 4) is 0 Å². The van der Waals surface area contributed by atoms with Gasteiger partial charge in [0.1, 0.15) is 0 Å². The lowest BCUT2D eigenvalue weighted by Gasteiger charge is -2.33. The van der Waals surface area contributed by atoms with Crippen molar-refractivity contribution in [1.29, 1.82) is 0 Å². The lowest BCUT2D eigenvalue weighted by Crippen LogP contribution is -2.42. The van der Waals surface area contributed by atoms with Crippen LogP contribution in [-0.4, -0.2) is 46.6 Å². The van der Waals surface area contributed by atoms with Crippen LogP contribution in [-0.2, 0) is 17.3 Å². The zero-order valence-electron chi connectivity index (χ0n) is 20.8. The fourth-order valence-corrected chi connectivity index (χ4v) is 6.64. The van der Waals surface area contributed by atoms with E-state index in [1.165, 1.54) is 19.3 Å². The van der Waals surface area contributed by atoms with Crippen LogP contribution in [0.1, 0.15) is 52.5 Å². The fourth-order valence-electron chi connectivity index (χ4n) is 5.08. The van der Waals surface area contributed by atoms with Gasteiger partial charge in [0.05, 0.1) is 38.4 Å². The Morgan fingerprint density at radius 2 is 1.89 bits per heavy atom. The number of fused-ring (bicyclic) bond motifs is 2. The number of carbonyl (C=O) groups is 2. The second-order valence-corrected chi connectivity index (χ2v) is 11.5. The number of amides is 2. The van der Waals surface area contributed by atoms with E-state index in [1.807, 2.05) is 12.1 Å². The lowest BCUT2D eigenvalue weighted by molar-refractivity contribution is 0.0936. The van der Waals surface area contributed by atoms with E-state index in [0.29, 0.717) is 44.2 Å². The van der Waals surface area contributed by atoms with Gasteiger partial charge < -0.3 is 10.2 Å². The van der Waals surface area contributed by atoms with Crippen LogP contribution in [0.2, 0.25) is 5.02 Å². The van der Waals surface area contributed by atoms with Gasteiger partial charge in [0.15, 0.2) is 0 Å². The second-order valence-electron chi connectivity index (χ2n) is 9.61. The standard InChI is InChI=1S/C29H30ClN3O3S/c1-20-7-4-5-15-32(20)16-14-31-28(34)22-12-13-27-25(18-22)33(19-21-8-6-9-23(30)17-21)29(35)24-10-2-3-11-26(24)37(27)36/h2-3,6,8-13,17-18,20H,4-5,7,14-16,19H2,1H3,(H,31,34)/t20-,37-/m0/s1. The summed E-state index contributed by atoms with van der Waals surface area (Å²) in [5.74, 6) is -0.477. The first kappa shape index (κ1) is 25.6. The van der Waals surface area contributed by atoms with Crippen LogP contribution in [0.5, 0.6) is 0 Å². The average Bonchev–Trinajstić information content (AvgIpc) is 2.99. The first-order chi connectivity index (χ1) is 17.9. The molecule has 0 spiro atoms. The zero-order chi connectivity index (χ0) is 25.9. The molecule has 2 aliphatic rings. The number of nitrogens with zero attached hydrogens (tertiary/aromatic N) is 2. The molecule has 2 amide bonds. The number of halogens is 1. The Morgan fingerprint density at radius 3 is 2.70 bits per heavy atom. The molecule has 0 saturated carbocycles. The molecule has 0 unspecified atom stereocenters. The summed E-state index contributed by atoms with van der Waals surface area (Å²) in [7, 11) is -1.57. The molecule has 8 heteroatoms. The third-order valence-corrected chi connectivity index (χ3v) is 8.86. The molecule has 6 nitrogen and oxygen atoms in total. The van der Waals surface area contributed by atoms with Crippen molar-refractivity contribution in [2.75, 3.05) is 24.5 Å². The minimum absolute atomic E-state index is 0.213. The van der Waals surface area contributed by atoms with E-state index in [-0.39, 0.29) is 18.4 Å². The van der Waals surface area contributed by atoms with E-state index in [0.717, 1.165) is 18.7 Å². The molecule has 2 atom stereocenters. The molecule has 3 aromatic rings. The van der Waals surface area contributed by atoms with Crippen molar-refractivity contribution in [2.45, 2.75) is 48.6 Å². The minimum atomic E-state index is -1.57. The highest BCUT2D eigenvalue weighted by Gasteiger charge is 2.31. The Kier molecular flexibility index (Phi) is 7.74. The summed E-state index contributed by atoms with van der Waals surface area (Å²) >= 11 is 6.21. The molecule has 3 aromatic carbocycles. The van der Waals surface area contributed by atoms with Gasteiger partial charge in [-0.2, -0.15) is 0 Å². The molecule has 2 heterocycles. The van der Waals surface area contributed by atoms with Gasteiger partial charge in [-0.15, -0.1) is 0 Å². The number of rotatable bonds is 6. The molecule has 1 N–H and O–H groups in total. The highest BCUT2D eigenvalue weighted by Crippen LogP contribution is 2.36. The van der Waals surface area contributed by atoms with E-state index in [1.54, 1.807) is 59.5 Å². The summed E-state index contributed by atoms with van der Waals surface area (Å²) in [5.41, 5.74) is 2.12. The summed E-state index contributed by atoms with van der Waals surface area (Å²) in [4.78, 5) is 31.8. The van der Waals surface area contributed by atoms with E-state index in [9.17, 15) is 13.8 Å². The molecular weight excluding hydrogens is 506 g/mol. The normalized spacial score (nSPS) is 19.6. The number of benzene rings is 3. The molecule has 2 aliphatic heterocycles. The molecular formula is C29H30ClN3O3S. The quantitative estimate of drug-likeness (QED) is 0.467. The van der Waals surface area contributed by atoms with Gasteiger partial charge in [-0.05, 0) is 74.3 Å². The summed E-state index contributed by atoms with van der Waals surface area (Å²) in [6.07, 6.45) is 3.64. The number of hydrogen-bond acceptors (Lipinski definition) is 4. The van der Waals surface area contributed by atoms with Gasteiger partial charge in [0, 0.05) is 29.7 Å². The smallest absolute Gasteiger partial charge is 0.259 e. The van der Waals surface area contributed by atoms with Gasteiger partial charge in [0.2, 0.25) is 0 Å². The van der Waals surface area contributed by atoms with Gasteiger partial charge in [0.25, 0.3) is 11.8 Å². The monoisotopic (exact) mass is 535 g/mol. The number of likely N-dealkylation sites (tertiary alicyclic amines) is 1. The maximum absolute atomic E-state index is 13.7. The molecule has 0 aromatic heterocycles. The van der Waals surface area contributed by atoms with Crippen molar-refractivity contribution in [1.82, 2.24) is 10.2 Å². The summed E-state index contributed by atoms with van der Waals surface area (Å²) in [6.45, 7) is 4.87. The maximum Gasteiger partial charge on any atom is 0.259 e. The zero-order valence-corrected chi connectivity index (χ0v) is 22.4. The number of nitrogens with one attached hydrogen (secondary N) is 1. The number of hydrogen-bond donors (Lipinski definition) is 1. The minimum Gasteiger partial charge on any atom is -0.351 e. The van der Waals surface area contributed by atoms with Crippen LogP contribution < -0.4 is 10.2 Å². The van der Waals surface area contributed by atoms with Gasteiger partial charge in [-0.1, -0.05) is 42.3 Å². The van der Waals surface area contributed by atoms with Gasteiger partial charge in [-0.25, -0.2) is 4.21 Å². The fraction of sp³-hybridized carbons (Fsp3) is 0.310. The summed E-state index contributed by atoms with van der Waals surface area (Å²) in [6, 6.07) is 19.9. The highest BCUT2D eigenvalue weighted by molar-refractivity contribution is 7.85. The number of anilines is 1. The Labute approximate surface area is 225 Å². The van der Waals surface area contributed by atoms with Crippen molar-refractivity contribution in [3.63, 3.8) is 0 Å². The summed E-state index contributed by atoms with van der Waals surface area (Å²) < 4.78 is 13.6. The molecule has 37 heavy (non-hydrogen) atoms. The Bertz CT molecular complexity index is 1360. The van der Waals surface area contributed by atoms with Crippen LogP contribution >= 0.6 is 11.6 Å². The van der Waals surface area contributed by atoms with E-state index < -0.39 is 10.8 Å². The third-order valence-electron chi connectivity index (χ3n) is 7.13. The summed E-state index contributed by atoms with van der Waals surface area (Å²) in [5, 5.41) is 3.59. The van der Waals surface area contributed by atoms with Crippen molar-refractivity contribution >= 4 is 39.9 Å². The molecule has 1 saturated heterocycles. The molecule has 1 fully saturated rings. The Hall–Kier alpha value is -3.00. The highest BCUT2D eigenvalue weighted by atomic mass is 35.5. The average molecular weight is 536 g/mol. The molecule has 0 radical (unpaired) electrons. The third kappa shape index (κ3) is 5.49. The van der Waals surface area contributed by atoms with E-state index >= 15 is 0 Å². The molecule has 192 valence electrons. The van der Waals surface area contributed by atoms with Gasteiger partial charge >= 0.3 is 0 Å². The van der Waals surface area contributed by atoms with Crippen LogP contribution in [0.3, 0.4) is 0 Å². The predicted molar refractivity (Wildman–Crippen MR) is 147 cm³/mol. The predicted octanol–water partition coefficient (Wildman–Crippen LogP) is 5.27. The van der Waals surface area contributed by atoms with Crippen LogP contribution in [0.25, 0.3) is 0 Å². The first-order valence-electron chi connectivity index (χ1n) is 12.7. The van der Waals surface area contributed by atoms with Crippen molar-refractivity contribution in [3.05, 3.63) is 88.4 Å².